The highest BCUT2D eigenvalue weighted by Crippen LogP contribution is 2.18. The molecule has 0 aliphatic rings. The molecule has 0 radical (unpaired) electrons. The predicted molar refractivity (Wildman–Crippen MR) is 273 cm³/mol. The smallest absolute Gasteiger partial charge is 0.306 e. The number of allylic oxidation sites excluding steroid dienone is 4. The fraction of sp³-hybridized carbons (Fsp3) is 0.895. The van der Waals surface area contributed by atoms with Gasteiger partial charge in [0.1, 0.15) is 6.10 Å². The quantitative estimate of drug-likeness (QED) is 0.0321. The largest absolute Gasteiger partial charge is 0.462 e. The number of esters is 1. The number of aliphatic hydroxyl groups excluding tert-OH is 2. The second-order valence-electron chi connectivity index (χ2n) is 19.4. The van der Waals surface area contributed by atoms with Gasteiger partial charge in [-0.3, -0.25) is 9.59 Å². The molecule has 0 saturated carbocycles. The van der Waals surface area contributed by atoms with E-state index in [2.05, 4.69) is 50.4 Å². The summed E-state index contributed by atoms with van der Waals surface area (Å²) in [6, 6.07) is -0.705. The average Bonchev–Trinajstić information content (AvgIpc) is 3.28. The molecule has 1 amide bonds. The lowest BCUT2D eigenvalue weighted by atomic mass is 10.0. The van der Waals surface area contributed by atoms with Crippen molar-refractivity contribution in [1.29, 1.82) is 0 Å². The van der Waals surface area contributed by atoms with Crippen molar-refractivity contribution >= 4 is 11.9 Å². The normalized spacial score (nSPS) is 13.3. The van der Waals surface area contributed by atoms with Crippen LogP contribution in [-0.2, 0) is 14.3 Å². The van der Waals surface area contributed by atoms with Crippen LogP contribution in [0.2, 0.25) is 0 Å². The SMILES string of the molecule is CCCCCCCCC/C=C/C=C/CCCCCC(CC(=O)NC(CO)C(O)CCCCCCCCCCC)OC(=O)CCCCCCCCCCCCCCCCCCCCC. The number of nitrogens with one attached hydrogen (secondary N) is 1. The molecule has 0 aromatic carbocycles. The summed E-state index contributed by atoms with van der Waals surface area (Å²) in [4.78, 5) is 26.2. The van der Waals surface area contributed by atoms with Gasteiger partial charge in [0, 0.05) is 6.42 Å². The highest BCUT2D eigenvalue weighted by Gasteiger charge is 2.24. The van der Waals surface area contributed by atoms with E-state index in [1.807, 2.05) is 0 Å². The molecule has 0 spiro atoms. The predicted octanol–water partition coefficient (Wildman–Crippen LogP) is 17.1. The monoisotopic (exact) mass is 888 g/mol. The molecular formula is C57H109NO5. The molecule has 0 aliphatic heterocycles. The lowest BCUT2D eigenvalue weighted by Gasteiger charge is -2.24. The summed E-state index contributed by atoms with van der Waals surface area (Å²) >= 11 is 0. The van der Waals surface area contributed by atoms with E-state index in [1.165, 1.54) is 186 Å². The van der Waals surface area contributed by atoms with Crippen molar-refractivity contribution in [3.05, 3.63) is 24.3 Å². The van der Waals surface area contributed by atoms with E-state index in [-0.39, 0.29) is 24.9 Å². The van der Waals surface area contributed by atoms with Crippen LogP contribution in [0.25, 0.3) is 0 Å². The van der Waals surface area contributed by atoms with Gasteiger partial charge in [0.2, 0.25) is 5.91 Å². The zero-order valence-electron chi connectivity index (χ0n) is 42.5. The Morgan fingerprint density at radius 1 is 0.460 bits per heavy atom. The first-order chi connectivity index (χ1) is 31.0. The Kier molecular flexibility index (Phi) is 50.0. The van der Waals surface area contributed by atoms with Crippen molar-refractivity contribution in [1.82, 2.24) is 5.32 Å². The Bertz CT molecular complexity index is 997. The number of carbonyl (C=O) groups is 2. The van der Waals surface area contributed by atoms with E-state index >= 15 is 0 Å². The van der Waals surface area contributed by atoms with Gasteiger partial charge >= 0.3 is 5.97 Å². The molecule has 6 heteroatoms. The lowest BCUT2D eigenvalue weighted by molar-refractivity contribution is -0.151. The van der Waals surface area contributed by atoms with Crippen molar-refractivity contribution in [2.75, 3.05) is 6.61 Å². The fourth-order valence-corrected chi connectivity index (χ4v) is 8.78. The minimum atomic E-state index is -0.790. The van der Waals surface area contributed by atoms with Gasteiger partial charge in [0.25, 0.3) is 0 Å². The summed E-state index contributed by atoms with van der Waals surface area (Å²) in [5.74, 6) is -0.484. The van der Waals surface area contributed by atoms with Crippen LogP contribution >= 0.6 is 0 Å². The molecule has 3 atom stereocenters. The number of ether oxygens (including phenoxy) is 1. The van der Waals surface area contributed by atoms with Crippen LogP contribution in [0, 0.1) is 0 Å². The fourth-order valence-electron chi connectivity index (χ4n) is 8.78. The molecule has 0 aromatic rings. The first kappa shape index (κ1) is 61.3. The Labute approximate surface area is 392 Å². The van der Waals surface area contributed by atoms with Crippen molar-refractivity contribution in [3.63, 3.8) is 0 Å². The molecule has 0 bridgehead atoms. The van der Waals surface area contributed by atoms with Gasteiger partial charge < -0.3 is 20.3 Å². The minimum absolute atomic E-state index is 0.0651. The van der Waals surface area contributed by atoms with E-state index < -0.39 is 18.2 Å². The summed E-state index contributed by atoms with van der Waals surface area (Å²) in [6.45, 7) is 6.48. The van der Waals surface area contributed by atoms with E-state index in [0.717, 1.165) is 70.6 Å². The van der Waals surface area contributed by atoms with Crippen molar-refractivity contribution in [2.24, 2.45) is 0 Å². The lowest BCUT2D eigenvalue weighted by Crippen LogP contribution is -2.46. The Morgan fingerprint density at radius 3 is 1.19 bits per heavy atom. The maximum absolute atomic E-state index is 13.2. The summed E-state index contributed by atoms with van der Waals surface area (Å²) in [5, 5.41) is 23.7. The Hall–Kier alpha value is -1.66. The second-order valence-corrected chi connectivity index (χ2v) is 19.4. The summed E-state index contributed by atoms with van der Waals surface area (Å²) in [6.07, 6.45) is 59.7. The second kappa shape index (κ2) is 51.3. The van der Waals surface area contributed by atoms with E-state index in [4.69, 9.17) is 4.74 Å². The highest BCUT2D eigenvalue weighted by molar-refractivity contribution is 5.77. The van der Waals surface area contributed by atoms with E-state index in [1.54, 1.807) is 0 Å². The molecule has 63 heavy (non-hydrogen) atoms. The van der Waals surface area contributed by atoms with Gasteiger partial charge in [-0.05, 0) is 51.4 Å². The van der Waals surface area contributed by atoms with Crippen LogP contribution in [0.5, 0.6) is 0 Å². The molecule has 3 unspecified atom stereocenters. The number of amides is 1. The third-order valence-corrected chi connectivity index (χ3v) is 13.1. The molecule has 6 nitrogen and oxygen atoms in total. The summed E-state index contributed by atoms with van der Waals surface area (Å²) in [5.41, 5.74) is 0. The zero-order valence-corrected chi connectivity index (χ0v) is 42.5. The molecule has 0 heterocycles. The maximum atomic E-state index is 13.2. The van der Waals surface area contributed by atoms with E-state index in [9.17, 15) is 19.8 Å². The number of aliphatic hydroxyl groups is 2. The Morgan fingerprint density at radius 2 is 0.794 bits per heavy atom. The third kappa shape index (κ3) is 46.7. The first-order valence-electron chi connectivity index (χ1n) is 28.1. The number of unbranched alkanes of at least 4 members (excludes halogenated alkanes) is 36. The standard InChI is InChI=1S/C57H109NO5/c1-4-7-10-13-16-19-21-23-25-27-28-29-31-33-35-38-41-44-47-50-57(62)63-53(48-45-42-39-37-34-32-30-26-24-22-20-17-14-11-8-5-2)51-56(61)58-54(52-59)55(60)49-46-43-40-36-18-15-12-9-6-3/h26,30,32,34,53-55,59-60H,4-25,27-29,31,33,35-52H2,1-3H3,(H,58,61)/b30-26+,34-32+. The molecular weight excluding hydrogens is 779 g/mol. The molecule has 3 N–H and O–H groups in total. The van der Waals surface area contributed by atoms with Gasteiger partial charge in [0.05, 0.1) is 25.2 Å². The van der Waals surface area contributed by atoms with Gasteiger partial charge in [-0.15, -0.1) is 0 Å². The molecule has 0 fully saturated rings. The van der Waals surface area contributed by atoms with Crippen molar-refractivity contribution < 1.29 is 24.5 Å². The van der Waals surface area contributed by atoms with Crippen LogP contribution in [0.3, 0.4) is 0 Å². The number of rotatable bonds is 51. The van der Waals surface area contributed by atoms with Crippen LogP contribution in [0.1, 0.15) is 303 Å². The number of hydrogen-bond acceptors (Lipinski definition) is 5. The zero-order chi connectivity index (χ0) is 45.9. The molecule has 0 aliphatic carbocycles. The molecule has 0 saturated heterocycles. The van der Waals surface area contributed by atoms with Crippen LogP contribution in [0.4, 0.5) is 0 Å². The van der Waals surface area contributed by atoms with Gasteiger partial charge in [-0.25, -0.2) is 0 Å². The molecule has 0 rings (SSSR count). The van der Waals surface area contributed by atoms with Crippen LogP contribution in [0.15, 0.2) is 24.3 Å². The summed E-state index contributed by atoms with van der Waals surface area (Å²) < 4.78 is 5.94. The van der Waals surface area contributed by atoms with Crippen LogP contribution in [-0.4, -0.2) is 46.9 Å². The number of hydrogen-bond donors (Lipinski definition) is 3. The highest BCUT2D eigenvalue weighted by atomic mass is 16.5. The van der Waals surface area contributed by atoms with Crippen LogP contribution < -0.4 is 5.32 Å². The maximum Gasteiger partial charge on any atom is 0.306 e. The molecule has 0 aromatic heterocycles. The third-order valence-electron chi connectivity index (χ3n) is 13.1. The Balaban J connectivity index is 4.52. The summed E-state index contributed by atoms with van der Waals surface area (Å²) in [7, 11) is 0. The van der Waals surface area contributed by atoms with Crippen molar-refractivity contribution in [3.8, 4) is 0 Å². The van der Waals surface area contributed by atoms with Gasteiger partial charge in [0.15, 0.2) is 0 Å². The van der Waals surface area contributed by atoms with Gasteiger partial charge in [-0.2, -0.15) is 0 Å². The average molecular weight is 889 g/mol. The van der Waals surface area contributed by atoms with E-state index in [0.29, 0.717) is 19.3 Å². The minimum Gasteiger partial charge on any atom is -0.462 e. The van der Waals surface area contributed by atoms with Crippen molar-refractivity contribution in [2.45, 2.75) is 322 Å². The molecule has 372 valence electrons. The topological polar surface area (TPSA) is 95.9 Å². The number of carbonyl (C=O) groups excluding carboxylic acids is 2. The first-order valence-corrected chi connectivity index (χ1v) is 28.1. The van der Waals surface area contributed by atoms with Gasteiger partial charge in [-0.1, -0.05) is 263 Å².